The van der Waals surface area contributed by atoms with Gasteiger partial charge in [-0.3, -0.25) is 9.59 Å². The third-order valence-corrected chi connectivity index (χ3v) is 2.22. The molecule has 0 aromatic heterocycles. The van der Waals surface area contributed by atoms with E-state index in [1.165, 1.54) is 0 Å². The average Bonchev–Trinajstić information content (AvgIpc) is 2.00. The molecule has 0 amide bonds. The molecule has 0 saturated heterocycles. The van der Waals surface area contributed by atoms with E-state index in [0.29, 0.717) is 17.1 Å². The van der Waals surface area contributed by atoms with E-state index in [2.05, 4.69) is 0 Å². The molecule has 0 aromatic carbocycles. The molecule has 0 rings (SSSR count). The Morgan fingerprint density at radius 3 is 1.92 bits per heavy atom. The van der Waals surface area contributed by atoms with E-state index in [4.69, 9.17) is 15.3 Å². The summed E-state index contributed by atoms with van der Waals surface area (Å²) in [5.74, 6) is -1.57. The number of hydrogen-bond donors (Lipinski definition) is 4. The molecule has 0 aliphatic rings. The Morgan fingerprint density at radius 2 is 1.46 bits per heavy atom. The Morgan fingerprint density at radius 1 is 0.923 bits per heavy atom. The zero-order valence-corrected chi connectivity index (χ0v) is 7.83. The first kappa shape index (κ1) is 12.1. The van der Waals surface area contributed by atoms with E-state index in [1.54, 1.807) is 0 Å². The Hall–Kier alpha value is -0.880. The summed E-state index contributed by atoms with van der Waals surface area (Å²) in [6, 6.07) is 0. The number of aliphatic carboxylic acids is 2. The SMILES string of the molecule is O=C(O)CC[SH]=C(O)CCC(=O)O. The van der Waals surface area contributed by atoms with E-state index in [0.717, 1.165) is 0 Å². The summed E-state index contributed by atoms with van der Waals surface area (Å²) >= 11 is 0.501. The molecule has 0 atom stereocenters. The van der Waals surface area contributed by atoms with E-state index in [9.17, 15) is 9.59 Å². The fraction of sp³-hybridized carbons (Fsp3) is 0.571. The van der Waals surface area contributed by atoms with Gasteiger partial charge in [0.15, 0.2) is 0 Å². The van der Waals surface area contributed by atoms with E-state index >= 15 is 0 Å². The van der Waals surface area contributed by atoms with Gasteiger partial charge in [-0.15, -0.1) is 0 Å². The van der Waals surface area contributed by atoms with Crippen molar-refractivity contribution in [2.45, 2.75) is 19.3 Å². The molecule has 0 saturated carbocycles. The summed E-state index contributed by atoms with van der Waals surface area (Å²) < 4.78 is 0. The summed E-state index contributed by atoms with van der Waals surface area (Å²) in [7, 11) is 0. The van der Waals surface area contributed by atoms with Crippen LogP contribution in [0, 0.1) is 0 Å². The van der Waals surface area contributed by atoms with Crippen LogP contribution in [0.2, 0.25) is 0 Å². The van der Waals surface area contributed by atoms with Crippen LogP contribution in [0.5, 0.6) is 0 Å². The maximum atomic E-state index is 10.1. The predicted octanol–water partition coefficient (Wildman–Crippen LogP) is 0.479. The smallest absolute Gasteiger partial charge is 0.304 e. The van der Waals surface area contributed by atoms with Crippen molar-refractivity contribution in [1.82, 2.24) is 0 Å². The number of hydrogen-bond acceptors (Lipinski definition) is 2. The Bertz CT molecular complexity index is 223. The highest BCUT2D eigenvalue weighted by Crippen LogP contribution is 1.99. The quantitative estimate of drug-likeness (QED) is 0.376. The molecule has 0 bridgehead atoms. The van der Waals surface area contributed by atoms with Crippen molar-refractivity contribution < 1.29 is 24.9 Å². The maximum Gasteiger partial charge on any atom is 0.304 e. The third-order valence-electron chi connectivity index (χ3n) is 1.18. The van der Waals surface area contributed by atoms with Crippen LogP contribution in [0.25, 0.3) is 0 Å². The van der Waals surface area contributed by atoms with Gasteiger partial charge in [0, 0.05) is 6.42 Å². The average molecular weight is 208 g/mol. The predicted molar refractivity (Wildman–Crippen MR) is 50.6 cm³/mol. The molecule has 3 N–H and O–H groups in total. The summed E-state index contributed by atoms with van der Waals surface area (Å²) in [6.07, 6.45) is -0.0406. The lowest BCUT2D eigenvalue weighted by atomic mass is 10.3. The Balaban J connectivity index is 3.63. The normalized spacial score (nSPS) is 11.9. The number of carbonyl (C=O) groups is 2. The van der Waals surface area contributed by atoms with Gasteiger partial charge in [0.05, 0.1) is 17.9 Å². The van der Waals surface area contributed by atoms with Gasteiger partial charge in [-0.05, 0) is 5.75 Å². The molecule has 76 valence electrons. The molecule has 0 heterocycles. The lowest BCUT2D eigenvalue weighted by molar-refractivity contribution is -0.137. The first-order chi connectivity index (χ1) is 6.02. The summed E-state index contributed by atoms with van der Waals surface area (Å²) in [4.78, 5) is 20.1. The second-order valence-corrected chi connectivity index (χ2v) is 3.62. The third kappa shape index (κ3) is 9.03. The van der Waals surface area contributed by atoms with E-state index in [-0.39, 0.29) is 24.3 Å². The monoisotopic (exact) mass is 208 g/mol. The first-order valence-electron chi connectivity index (χ1n) is 3.68. The van der Waals surface area contributed by atoms with Crippen LogP contribution >= 0.6 is 11.4 Å². The number of aliphatic hydroxyl groups is 1. The number of rotatable bonds is 6. The topological polar surface area (TPSA) is 94.8 Å². The van der Waals surface area contributed by atoms with E-state index in [1.807, 2.05) is 0 Å². The minimum Gasteiger partial charge on any atom is -0.481 e. The lowest BCUT2D eigenvalue weighted by Gasteiger charge is -1.96. The van der Waals surface area contributed by atoms with Gasteiger partial charge in [0.25, 0.3) is 0 Å². The minimum absolute atomic E-state index is 0.0152. The van der Waals surface area contributed by atoms with Crippen molar-refractivity contribution >= 4 is 28.3 Å². The van der Waals surface area contributed by atoms with Gasteiger partial charge in [0.2, 0.25) is 0 Å². The van der Waals surface area contributed by atoms with Crippen molar-refractivity contribution in [3.8, 4) is 0 Å². The highest BCUT2D eigenvalue weighted by atomic mass is 32.1. The van der Waals surface area contributed by atoms with Gasteiger partial charge in [-0.25, -0.2) is 0 Å². The van der Waals surface area contributed by atoms with E-state index < -0.39 is 11.9 Å². The Labute approximate surface area is 79.0 Å². The molecule has 0 unspecified atom stereocenters. The molecule has 0 aliphatic carbocycles. The number of carboxylic acid groups (broad SMARTS) is 2. The fourth-order valence-electron chi connectivity index (χ4n) is 0.578. The number of thiol groups is 1. The van der Waals surface area contributed by atoms with Crippen LogP contribution in [-0.2, 0) is 9.59 Å². The zero-order chi connectivity index (χ0) is 10.3. The van der Waals surface area contributed by atoms with Crippen LogP contribution in [0.4, 0.5) is 0 Å². The standard InChI is InChI=1S/C7H12O5S/c8-5(9)1-2-7(12)13-4-3-6(10)11/h12-13H,1-4H2,(H,8,9)(H,10,11). The molecule has 13 heavy (non-hydrogen) atoms. The minimum atomic E-state index is -0.972. The van der Waals surface area contributed by atoms with Crippen LogP contribution < -0.4 is 0 Å². The van der Waals surface area contributed by atoms with Crippen molar-refractivity contribution in [3.05, 3.63) is 0 Å². The first-order valence-corrected chi connectivity index (χ1v) is 4.76. The highest BCUT2D eigenvalue weighted by molar-refractivity contribution is 7.98. The molecule has 0 radical (unpaired) electrons. The molecule has 0 aromatic rings. The van der Waals surface area contributed by atoms with Crippen LogP contribution in [0.1, 0.15) is 19.3 Å². The molecule has 0 spiro atoms. The molecular formula is C7H12O5S. The fourth-order valence-corrected chi connectivity index (χ4v) is 1.41. The number of aliphatic hydroxyl groups excluding tert-OH is 1. The molecular weight excluding hydrogens is 196 g/mol. The van der Waals surface area contributed by atoms with Crippen LogP contribution in [0.15, 0.2) is 0 Å². The molecule has 0 aliphatic heterocycles. The van der Waals surface area contributed by atoms with Gasteiger partial charge in [0.1, 0.15) is 0 Å². The van der Waals surface area contributed by atoms with Gasteiger partial charge < -0.3 is 15.3 Å². The van der Waals surface area contributed by atoms with Crippen molar-refractivity contribution in [3.63, 3.8) is 0 Å². The summed E-state index contributed by atoms with van der Waals surface area (Å²) in [6.45, 7) is 0. The number of carboxylic acids is 2. The summed E-state index contributed by atoms with van der Waals surface area (Å²) in [5.41, 5.74) is 0. The maximum absolute atomic E-state index is 10.1. The molecule has 0 fully saturated rings. The van der Waals surface area contributed by atoms with Crippen molar-refractivity contribution in [2.24, 2.45) is 0 Å². The lowest BCUT2D eigenvalue weighted by Crippen LogP contribution is -2.02. The Kier molecular flexibility index (Phi) is 6.17. The van der Waals surface area contributed by atoms with Crippen LogP contribution in [-0.4, -0.2) is 38.1 Å². The molecule has 5 nitrogen and oxygen atoms in total. The largest absolute Gasteiger partial charge is 0.481 e. The zero-order valence-electron chi connectivity index (χ0n) is 6.93. The van der Waals surface area contributed by atoms with Crippen LogP contribution in [0.3, 0.4) is 0 Å². The highest BCUT2D eigenvalue weighted by Gasteiger charge is 1.99. The van der Waals surface area contributed by atoms with Gasteiger partial charge in [-0.2, -0.15) is 11.4 Å². The summed E-state index contributed by atoms with van der Waals surface area (Å²) in [5, 5.41) is 25.6. The van der Waals surface area contributed by atoms with Crippen molar-refractivity contribution in [2.75, 3.05) is 5.75 Å². The second kappa shape index (κ2) is 6.62. The second-order valence-electron chi connectivity index (χ2n) is 2.34. The van der Waals surface area contributed by atoms with Gasteiger partial charge in [-0.1, -0.05) is 0 Å². The molecule has 6 heteroatoms. The van der Waals surface area contributed by atoms with Crippen molar-refractivity contribution in [1.29, 1.82) is 0 Å². The van der Waals surface area contributed by atoms with Gasteiger partial charge >= 0.3 is 11.9 Å².